The highest BCUT2D eigenvalue weighted by Crippen LogP contribution is 2.42. The zero-order chi connectivity index (χ0) is 25.5. The number of nitrogens with zero attached hydrogens (tertiary/aromatic N) is 3. The SMILES string of the molecule is CCCCCCCc1cnc(-c2ccc(OC[C@H]3CC[C@@](C#N)(CCCCCCC)CC3)cc2)nc1. The topological polar surface area (TPSA) is 58.8 Å². The van der Waals surface area contributed by atoms with E-state index in [0.717, 1.165) is 62.3 Å². The number of unbranched alkanes of at least 4 members (excludes halogenated alkanes) is 8. The van der Waals surface area contributed by atoms with Gasteiger partial charge in [0.15, 0.2) is 5.82 Å². The zero-order valence-corrected chi connectivity index (χ0v) is 22.8. The molecule has 1 fully saturated rings. The highest BCUT2D eigenvalue weighted by Gasteiger charge is 2.35. The molecular weight excluding hydrogens is 442 g/mol. The second-order valence-corrected chi connectivity index (χ2v) is 10.9. The third-order valence-corrected chi connectivity index (χ3v) is 7.93. The van der Waals surface area contributed by atoms with Gasteiger partial charge in [-0.15, -0.1) is 0 Å². The number of aryl methyl sites for hydroxylation is 1. The monoisotopic (exact) mass is 489 g/mol. The Morgan fingerprint density at radius 1 is 0.861 bits per heavy atom. The van der Waals surface area contributed by atoms with Gasteiger partial charge in [-0.25, -0.2) is 9.97 Å². The minimum atomic E-state index is -0.0883. The Morgan fingerprint density at radius 3 is 2.08 bits per heavy atom. The first-order valence-corrected chi connectivity index (χ1v) is 14.6. The third-order valence-electron chi connectivity index (χ3n) is 7.93. The van der Waals surface area contributed by atoms with Crippen molar-refractivity contribution >= 4 is 0 Å². The summed E-state index contributed by atoms with van der Waals surface area (Å²) in [5.74, 6) is 2.21. The molecule has 1 saturated carbocycles. The maximum Gasteiger partial charge on any atom is 0.159 e. The Labute approximate surface area is 219 Å². The molecule has 1 heterocycles. The maximum absolute atomic E-state index is 9.85. The van der Waals surface area contributed by atoms with Gasteiger partial charge in [0.25, 0.3) is 0 Å². The fraction of sp³-hybridized carbons (Fsp3) is 0.656. The molecule has 1 aromatic heterocycles. The van der Waals surface area contributed by atoms with Crippen molar-refractivity contribution in [3.05, 3.63) is 42.2 Å². The Bertz CT molecular complexity index is 892. The van der Waals surface area contributed by atoms with E-state index in [2.05, 4.69) is 42.0 Å². The van der Waals surface area contributed by atoms with E-state index in [1.807, 2.05) is 24.5 Å². The minimum Gasteiger partial charge on any atom is -0.493 e. The first-order chi connectivity index (χ1) is 17.7. The Balaban J connectivity index is 1.39. The van der Waals surface area contributed by atoms with Gasteiger partial charge in [-0.05, 0) is 80.7 Å². The second kappa shape index (κ2) is 15.6. The summed E-state index contributed by atoms with van der Waals surface area (Å²) in [6.45, 7) is 5.23. The van der Waals surface area contributed by atoms with Crippen LogP contribution in [0.1, 0.15) is 116 Å². The van der Waals surface area contributed by atoms with Crippen molar-refractivity contribution in [2.24, 2.45) is 11.3 Å². The van der Waals surface area contributed by atoms with Crippen molar-refractivity contribution in [2.45, 2.75) is 117 Å². The normalized spacial score (nSPS) is 19.6. The van der Waals surface area contributed by atoms with E-state index >= 15 is 0 Å². The Kier molecular flexibility index (Phi) is 12.2. The van der Waals surface area contributed by atoms with Crippen LogP contribution in [0.5, 0.6) is 5.75 Å². The molecule has 36 heavy (non-hydrogen) atoms. The van der Waals surface area contributed by atoms with E-state index < -0.39 is 0 Å². The molecule has 0 saturated heterocycles. The number of ether oxygens (including phenoxy) is 1. The predicted molar refractivity (Wildman–Crippen MR) is 149 cm³/mol. The van der Waals surface area contributed by atoms with Gasteiger partial charge >= 0.3 is 0 Å². The third kappa shape index (κ3) is 9.23. The van der Waals surface area contributed by atoms with Gasteiger partial charge in [0.1, 0.15) is 5.75 Å². The molecule has 0 N–H and O–H groups in total. The van der Waals surface area contributed by atoms with Crippen LogP contribution < -0.4 is 4.74 Å². The number of hydrogen-bond acceptors (Lipinski definition) is 4. The first-order valence-electron chi connectivity index (χ1n) is 14.6. The molecule has 0 aliphatic heterocycles. The largest absolute Gasteiger partial charge is 0.493 e. The summed E-state index contributed by atoms with van der Waals surface area (Å²) < 4.78 is 6.13. The molecule has 0 atom stereocenters. The van der Waals surface area contributed by atoms with E-state index in [-0.39, 0.29) is 5.41 Å². The molecule has 1 aromatic carbocycles. The van der Waals surface area contributed by atoms with Crippen LogP contribution in [-0.4, -0.2) is 16.6 Å². The molecule has 2 aromatic rings. The van der Waals surface area contributed by atoms with Crippen molar-refractivity contribution in [3.63, 3.8) is 0 Å². The smallest absolute Gasteiger partial charge is 0.159 e. The summed E-state index contributed by atoms with van der Waals surface area (Å²) in [5, 5.41) is 9.85. The van der Waals surface area contributed by atoms with Crippen molar-refractivity contribution in [2.75, 3.05) is 6.61 Å². The molecule has 0 amide bonds. The number of nitriles is 1. The lowest BCUT2D eigenvalue weighted by molar-refractivity contribution is 0.144. The molecule has 0 bridgehead atoms. The molecule has 196 valence electrons. The van der Waals surface area contributed by atoms with Gasteiger partial charge in [0, 0.05) is 18.0 Å². The van der Waals surface area contributed by atoms with Crippen LogP contribution in [0.2, 0.25) is 0 Å². The number of rotatable bonds is 16. The lowest BCUT2D eigenvalue weighted by atomic mass is 9.69. The molecule has 3 rings (SSSR count). The van der Waals surface area contributed by atoms with Crippen molar-refractivity contribution < 1.29 is 4.74 Å². The van der Waals surface area contributed by atoms with Crippen LogP contribution in [0, 0.1) is 22.7 Å². The van der Waals surface area contributed by atoms with Gasteiger partial charge in [0.2, 0.25) is 0 Å². The first kappa shape index (κ1) is 28.2. The van der Waals surface area contributed by atoms with Gasteiger partial charge in [-0.3, -0.25) is 0 Å². The number of hydrogen-bond donors (Lipinski definition) is 0. The summed E-state index contributed by atoms with van der Waals surface area (Å²) in [7, 11) is 0. The zero-order valence-electron chi connectivity index (χ0n) is 22.8. The highest BCUT2D eigenvalue weighted by atomic mass is 16.5. The molecule has 4 heteroatoms. The average molecular weight is 490 g/mol. The number of benzene rings is 1. The molecule has 0 unspecified atom stereocenters. The molecule has 0 radical (unpaired) electrons. The lowest BCUT2D eigenvalue weighted by Gasteiger charge is -2.35. The fourth-order valence-electron chi connectivity index (χ4n) is 5.36. The summed E-state index contributed by atoms with van der Waals surface area (Å²) in [6.07, 6.45) is 23.1. The molecule has 4 nitrogen and oxygen atoms in total. The van der Waals surface area contributed by atoms with Crippen LogP contribution in [0.25, 0.3) is 11.4 Å². The van der Waals surface area contributed by atoms with Gasteiger partial charge in [-0.1, -0.05) is 71.6 Å². The molecule has 1 aliphatic rings. The van der Waals surface area contributed by atoms with E-state index in [4.69, 9.17) is 4.74 Å². The van der Waals surface area contributed by atoms with Gasteiger partial charge in [0.05, 0.1) is 18.1 Å². The summed E-state index contributed by atoms with van der Waals surface area (Å²) in [6, 6.07) is 10.8. The van der Waals surface area contributed by atoms with E-state index in [1.165, 1.54) is 69.8 Å². The summed E-state index contributed by atoms with van der Waals surface area (Å²) >= 11 is 0. The lowest BCUT2D eigenvalue weighted by Crippen LogP contribution is -2.28. The quantitative estimate of drug-likeness (QED) is 0.221. The predicted octanol–water partition coefficient (Wildman–Crippen LogP) is 9.10. The average Bonchev–Trinajstić information content (AvgIpc) is 2.93. The molecule has 1 aliphatic carbocycles. The van der Waals surface area contributed by atoms with E-state index in [1.54, 1.807) is 0 Å². The van der Waals surface area contributed by atoms with E-state index in [9.17, 15) is 5.26 Å². The Hall–Kier alpha value is -2.41. The summed E-state index contributed by atoms with van der Waals surface area (Å²) in [5.41, 5.74) is 2.15. The van der Waals surface area contributed by atoms with Crippen LogP contribution in [-0.2, 0) is 6.42 Å². The fourth-order valence-corrected chi connectivity index (χ4v) is 5.36. The summed E-state index contributed by atoms with van der Waals surface area (Å²) in [4.78, 5) is 9.18. The maximum atomic E-state index is 9.85. The number of aromatic nitrogens is 2. The van der Waals surface area contributed by atoms with E-state index in [0.29, 0.717) is 5.92 Å². The van der Waals surface area contributed by atoms with Crippen molar-refractivity contribution in [1.29, 1.82) is 5.26 Å². The second-order valence-electron chi connectivity index (χ2n) is 10.9. The molecule has 0 spiro atoms. The standard InChI is InChI=1S/C32H47N3O/c1-3-5-7-9-11-13-28-23-34-31(35-24-28)29-14-16-30(17-15-29)36-25-27-18-21-32(26-33,22-19-27)20-12-10-8-6-4-2/h14-17,23-24,27H,3-13,18-22,25H2,1-2H3/t27-,32-. The minimum absolute atomic E-state index is 0.0883. The van der Waals surface area contributed by atoms with Crippen molar-refractivity contribution in [1.82, 2.24) is 9.97 Å². The Morgan fingerprint density at radius 2 is 1.47 bits per heavy atom. The van der Waals surface area contributed by atoms with Crippen LogP contribution in [0.3, 0.4) is 0 Å². The van der Waals surface area contributed by atoms with Crippen LogP contribution in [0.4, 0.5) is 0 Å². The van der Waals surface area contributed by atoms with Crippen molar-refractivity contribution in [3.8, 4) is 23.2 Å². The molecular formula is C32H47N3O. The van der Waals surface area contributed by atoms with Gasteiger partial charge < -0.3 is 4.74 Å². The van der Waals surface area contributed by atoms with Crippen LogP contribution >= 0.6 is 0 Å². The highest BCUT2D eigenvalue weighted by molar-refractivity contribution is 5.55. The van der Waals surface area contributed by atoms with Crippen LogP contribution in [0.15, 0.2) is 36.7 Å². The van der Waals surface area contributed by atoms with Gasteiger partial charge in [-0.2, -0.15) is 5.26 Å².